The molecule has 0 aliphatic carbocycles. The second-order valence-electron chi connectivity index (χ2n) is 4.45. The van der Waals surface area contributed by atoms with Gasteiger partial charge in [0.15, 0.2) is 0 Å². The first-order chi connectivity index (χ1) is 9.24. The molecule has 0 amide bonds. The Kier molecular flexibility index (Phi) is 6.20. The van der Waals surface area contributed by atoms with E-state index in [1.165, 1.54) is 0 Å². The second kappa shape index (κ2) is 7.22. The summed E-state index contributed by atoms with van der Waals surface area (Å²) in [5.74, 6) is -1.66. The van der Waals surface area contributed by atoms with Gasteiger partial charge in [-0.25, -0.2) is 8.78 Å². The van der Waals surface area contributed by atoms with Crippen LogP contribution in [0.3, 0.4) is 0 Å². The minimum atomic E-state index is -4.34. The molecule has 1 atom stereocenters. The fraction of sp³-hybridized carbons (Fsp3) is 0.538. The lowest BCUT2D eigenvalue weighted by Gasteiger charge is -2.20. The molecule has 1 unspecified atom stereocenters. The topological polar surface area (TPSA) is 12.0 Å². The molecular formula is C13H15ClF5N. The van der Waals surface area contributed by atoms with Crippen molar-refractivity contribution in [1.29, 1.82) is 0 Å². The van der Waals surface area contributed by atoms with Gasteiger partial charge < -0.3 is 5.32 Å². The maximum Gasteiger partial charge on any atom is 0.389 e. The van der Waals surface area contributed by atoms with Crippen LogP contribution in [0.4, 0.5) is 22.0 Å². The Morgan fingerprint density at radius 1 is 1.20 bits per heavy atom. The van der Waals surface area contributed by atoms with Gasteiger partial charge in [-0.3, -0.25) is 0 Å². The van der Waals surface area contributed by atoms with Crippen molar-refractivity contribution in [2.24, 2.45) is 0 Å². The summed E-state index contributed by atoms with van der Waals surface area (Å²) >= 11 is 5.43. The first-order valence-electron chi connectivity index (χ1n) is 6.19. The van der Waals surface area contributed by atoms with Crippen LogP contribution in [0.1, 0.15) is 37.8 Å². The molecule has 114 valence electrons. The Morgan fingerprint density at radius 2 is 1.85 bits per heavy atom. The summed E-state index contributed by atoms with van der Waals surface area (Å²) in [4.78, 5) is 0. The molecule has 1 aromatic rings. The zero-order valence-corrected chi connectivity index (χ0v) is 11.6. The molecule has 0 aromatic heterocycles. The molecule has 0 saturated heterocycles. The lowest BCUT2D eigenvalue weighted by molar-refractivity contribution is -0.136. The van der Waals surface area contributed by atoms with Crippen LogP contribution >= 0.6 is 11.6 Å². The van der Waals surface area contributed by atoms with Gasteiger partial charge in [-0.15, -0.1) is 0 Å². The van der Waals surface area contributed by atoms with Crippen LogP contribution in [0.2, 0.25) is 5.02 Å². The quantitative estimate of drug-likeness (QED) is 0.575. The third kappa shape index (κ3) is 5.25. The van der Waals surface area contributed by atoms with Crippen LogP contribution in [-0.4, -0.2) is 12.7 Å². The van der Waals surface area contributed by atoms with E-state index in [1.807, 2.05) is 6.92 Å². The zero-order valence-electron chi connectivity index (χ0n) is 10.8. The number of hydrogen-bond acceptors (Lipinski definition) is 1. The minimum Gasteiger partial charge on any atom is -0.310 e. The summed E-state index contributed by atoms with van der Waals surface area (Å²) in [6, 6.07) is 0.727. The van der Waals surface area contributed by atoms with Gasteiger partial charge in [-0.05, 0) is 31.5 Å². The summed E-state index contributed by atoms with van der Waals surface area (Å²) in [5.41, 5.74) is -0.135. The normalized spacial score (nSPS) is 13.6. The number of halogens is 6. The molecule has 0 aliphatic heterocycles. The molecule has 0 heterocycles. The monoisotopic (exact) mass is 315 g/mol. The van der Waals surface area contributed by atoms with Crippen LogP contribution in [0.25, 0.3) is 0 Å². The van der Waals surface area contributed by atoms with E-state index in [0.29, 0.717) is 13.0 Å². The van der Waals surface area contributed by atoms with Crippen molar-refractivity contribution < 1.29 is 22.0 Å². The molecule has 0 radical (unpaired) electrons. The number of alkyl halides is 3. The Morgan fingerprint density at radius 3 is 2.40 bits per heavy atom. The van der Waals surface area contributed by atoms with Crippen molar-refractivity contribution in [3.63, 3.8) is 0 Å². The fourth-order valence-corrected chi connectivity index (χ4v) is 1.95. The molecule has 0 fully saturated rings. The fourth-order valence-electron chi connectivity index (χ4n) is 1.80. The largest absolute Gasteiger partial charge is 0.389 e. The summed E-state index contributed by atoms with van der Waals surface area (Å²) < 4.78 is 64.0. The van der Waals surface area contributed by atoms with E-state index in [4.69, 9.17) is 11.6 Å². The maximum absolute atomic E-state index is 13.8. The average Bonchev–Trinajstić information content (AvgIpc) is 2.33. The first-order valence-corrected chi connectivity index (χ1v) is 6.57. The average molecular weight is 316 g/mol. The van der Waals surface area contributed by atoms with E-state index in [2.05, 4.69) is 5.32 Å². The van der Waals surface area contributed by atoms with Crippen molar-refractivity contribution in [2.45, 2.75) is 38.4 Å². The summed E-state index contributed by atoms with van der Waals surface area (Å²) in [7, 11) is 0. The van der Waals surface area contributed by atoms with Gasteiger partial charge >= 0.3 is 6.18 Å². The van der Waals surface area contributed by atoms with E-state index >= 15 is 0 Å². The lowest BCUT2D eigenvalue weighted by Crippen LogP contribution is -2.25. The molecular weight excluding hydrogens is 301 g/mol. The van der Waals surface area contributed by atoms with E-state index in [-0.39, 0.29) is 12.0 Å². The molecule has 0 saturated carbocycles. The van der Waals surface area contributed by atoms with Gasteiger partial charge in [0.1, 0.15) is 11.6 Å². The summed E-state index contributed by atoms with van der Waals surface area (Å²) in [6.45, 7) is 2.23. The first kappa shape index (κ1) is 17.2. The van der Waals surface area contributed by atoms with Gasteiger partial charge in [0.25, 0.3) is 0 Å². The molecule has 7 heteroatoms. The Balaban J connectivity index is 2.95. The van der Waals surface area contributed by atoms with Gasteiger partial charge in [-0.1, -0.05) is 18.5 Å². The SMILES string of the molecule is CCCNC(CCC(F)(F)F)c1cc(F)c(Cl)cc1F. The molecule has 0 spiro atoms. The highest BCUT2D eigenvalue weighted by atomic mass is 35.5. The predicted octanol–water partition coefficient (Wildman–Crippen LogP) is 5.00. The molecule has 20 heavy (non-hydrogen) atoms. The Bertz CT molecular complexity index is 447. The zero-order chi connectivity index (χ0) is 15.3. The van der Waals surface area contributed by atoms with Crippen molar-refractivity contribution in [1.82, 2.24) is 5.32 Å². The van der Waals surface area contributed by atoms with Crippen LogP contribution < -0.4 is 5.32 Å². The van der Waals surface area contributed by atoms with E-state index in [9.17, 15) is 22.0 Å². The molecule has 1 rings (SSSR count). The number of benzene rings is 1. The Labute approximate surface area is 119 Å². The van der Waals surface area contributed by atoms with Crippen molar-refractivity contribution >= 4 is 11.6 Å². The maximum atomic E-state index is 13.8. The van der Waals surface area contributed by atoms with Crippen LogP contribution in [0.5, 0.6) is 0 Å². The highest BCUT2D eigenvalue weighted by Gasteiger charge is 2.29. The summed E-state index contributed by atoms with van der Waals surface area (Å²) in [5, 5.41) is 2.40. The van der Waals surface area contributed by atoms with Crippen LogP contribution in [-0.2, 0) is 0 Å². The minimum absolute atomic E-state index is 0.135. The smallest absolute Gasteiger partial charge is 0.310 e. The standard InChI is InChI=1S/C13H15ClF5N/c1-2-5-20-12(3-4-13(17,18)19)8-6-11(16)9(14)7-10(8)15/h6-7,12,20H,2-5H2,1H3. The predicted molar refractivity (Wildman–Crippen MR) is 67.7 cm³/mol. The van der Waals surface area contributed by atoms with E-state index in [0.717, 1.165) is 12.1 Å². The molecule has 0 aliphatic rings. The molecule has 1 N–H and O–H groups in total. The third-order valence-electron chi connectivity index (χ3n) is 2.77. The summed E-state index contributed by atoms with van der Waals surface area (Å²) in [6.07, 6.45) is -5.10. The van der Waals surface area contributed by atoms with Gasteiger partial charge in [0.05, 0.1) is 5.02 Å². The second-order valence-corrected chi connectivity index (χ2v) is 4.86. The van der Waals surface area contributed by atoms with Crippen molar-refractivity contribution in [3.05, 3.63) is 34.4 Å². The van der Waals surface area contributed by atoms with E-state index in [1.54, 1.807) is 0 Å². The highest BCUT2D eigenvalue weighted by molar-refractivity contribution is 6.30. The molecule has 0 bridgehead atoms. The van der Waals surface area contributed by atoms with E-state index < -0.39 is 35.3 Å². The van der Waals surface area contributed by atoms with Crippen molar-refractivity contribution in [2.75, 3.05) is 6.54 Å². The Hall–Kier alpha value is -0.880. The van der Waals surface area contributed by atoms with Crippen LogP contribution in [0.15, 0.2) is 12.1 Å². The molecule has 1 nitrogen and oxygen atoms in total. The lowest BCUT2D eigenvalue weighted by atomic mass is 10.0. The third-order valence-corrected chi connectivity index (χ3v) is 3.06. The van der Waals surface area contributed by atoms with Gasteiger partial charge in [0.2, 0.25) is 0 Å². The van der Waals surface area contributed by atoms with Gasteiger partial charge in [0, 0.05) is 18.0 Å². The number of nitrogens with one attached hydrogen (secondary N) is 1. The number of rotatable bonds is 6. The van der Waals surface area contributed by atoms with Gasteiger partial charge in [-0.2, -0.15) is 13.2 Å². The van der Waals surface area contributed by atoms with Crippen molar-refractivity contribution in [3.8, 4) is 0 Å². The number of hydrogen-bond donors (Lipinski definition) is 1. The van der Waals surface area contributed by atoms with Crippen LogP contribution in [0, 0.1) is 11.6 Å². The molecule has 1 aromatic carbocycles. The highest BCUT2D eigenvalue weighted by Crippen LogP contribution is 2.30.